The third-order valence-electron chi connectivity index (χ3n) is 3.40. The lowest BCUT2D eigenvalue weighted by molar-refractivity contribution is 0.608. The number of fused-ring (bicyclic) bond motifs is 1. The smallest absolute Gasteiger partial charge is 0.125 e. The van der Waals surface area contributed by atoms with E-state index in [1.807, 2.05) is 11.3 Å². The highest BCUT2D eigenvalue weighted by molar-refractivity contribution is 7.10. The Bertz CT molecular complexity index is 565. The second-order valence-corrected chi connectivity index (χ2v) is 5.62. The van der Waals surface area contributed by atoms with Gasteiger partial charge in [-0.2, -0.15) is 0 Å². The summed E-state index contributed by atoms with van der Waals surface area (Å²) >= 11 is 1.82. The molecule has 0 saturated carbocycles. The van der Waals surface area contributed by atoms with Crippen molar-refractivity contribution in [2.45, 2.75) is 25.3 Å². The fourth-order valence-electron chi connectivity index (χ4n) is 2.49. The second-order valence-electron chi connectivity index (χ2n) is 4.62. The number of benzene rings is 1. The van der Waals surface area contributed by atoms with Crippen molar-refractivity contribution in [2.24, 2.45) is 0 Å². The molecule has 1 heterocycles. The molecule has 0 amide bonds. The van der Waals surface area contributed by atoms with E-state index in [4.69, 9.17) is 5.73 Å². The molecule has 3 rings (SSSR count). The lowest BCUT2D eigenvalue weighted by Gasteiger charge is -2.25. The van der Waals surface area contributed by atoms with Gasteiger partial charge in [-0.25, -0.2) is 4.39 Å². The zero-order chi connectivity index (χ0) is 12.5. The average molecular weight is 262 g/mol. The Kier molecular flexibility index (Phi) is 2.96. The largest absolute Gasteiger partial charge is 0.397 e. The number of nitrogens with two attached hydrogens (primary N) is 1. The van der Waals surface area contributed by atoms with Gasteiger partial charge in [0.15, 0.2) is 0 Å². The number of rotatable bonds is 2. The van der Waals surface area contributed by atoms with Gasteiger partial charge in [-0.05, 0) is 54.5 Å². The fourth-order valence-corrected chi connectivity index (χ4v) is 3.48. The summed E-state index contributed by atoms with van der Waals surface area (Å²) in [4.78, 5) is 1.46. The molecule has 0 saturated heterocycles. The Hall–Kier alpha value is -1.55. The van der Waals surface area contributed by atoms with Gasteiger partial charge in [0.05, 0.1) is 17.4 Å². The SMILES string of the molecule is Nc1cc(F)ccc1NC1CCCc2sccc21. The molecule has 1 aliphatic rings. The monoisotopic (exact) mass is 262 g/mol. The van der Waals surface area contributed by atoms with E-state index in [2.05, 4.69) is 16.8 Å². The first-order chi connectivity index (χ1) is 8.74. The third-order valence-corrected chi connectivity index (χ3v) is 4.39. The van der Waals surface area contributed by atoms with Crippen LogP contribution in [0.3, 0.4) is 0 Å². The number of hydrogen-bond donors (Lipinski definition) is 2. The molecule has 0 spiro atoms. The maximum atomic E-state index is 13.0. The van der Waals surface area contributed by atoms with Crippen LogP contribution < -0.4 is 11.1 Å². The fraction of sp³-hybridized carbons (Fsp3) is 0.286. The van der Waals surface area contributed by atoms with Crippen molar-refractivity contribution >= 4 is 22.7 Å². The summed E-state index contributed by atoms with van der Waals surface area (Å²) in [6.45, 7) is 0. The summed E-state index contributed by atoms with van der Waals surface area (Å²) in [5, 5.41) is 5.57. The van der Waals surface area contributed by atoms with Crippen LogP contribution in [0.4, 0.5) is 15.8 Å². The summed E-state index contributed by atoms with van der Waals surface area (Å²) in [5.41, 5.74) is 8.49. The Morgan fingerprint density at radius 1 is 1.33 bits per heavy atom. The molecule has 1 aromatic carbocycles. The number of thiophene rings is 1. The number of halogens is 1. The van der Waals surface area contributed by atoms with E-state index in [1.165, 1.54) is 35.4 Å². The van der Waals surface area contributed by atoms with E-state index in [0.717, 1.165) is 12.1 Å². The van der Waals surface area contributed by atoms with Gasteiger partial charge in [0, 0.05) is 4.88 Å². The molecule has 3 N–H and O–H groups in total. The Morgan fingerprint density at radius 2 is 2.22 bits per heavy atom. The van der Waals surface area contributed by atoms with Crippen LogP contribution in [0.2, 0.25) is 0 Å². The van der Waals surface area contributed by atoms with E-state index in [-0.39, 0.29) is 5.82 Å². The molecular weight excluding hydrogens is 247 g/mol. The predicted octanol–water partition coefficient (Wildman–Crippen LogP) is 3.96. The highest BCUT2D eigenvalue weighted by atomic mass is 32.1. The molecule has 0 radical (unpaired) electrons. The zero-order valence-corrected chi connectivity index (χ0v) is 10.8. The molecule has 2 aromatic rings. The second kappa shape index (κ2) is 4.61. The topological polar surface area (TPSA) is 38.0 Å². The Balaban J connectivity index is 1.86. The van der Waals surface area contributed by atoms with Gasteiger partial charge in [-0.15, -0.1) is 11.3 Å². The summed E-state index contributed by atoms with van der Waals surface area (Å²) in [5.74, 6) is -0.294. The highest BCUT2D eigenvalue weighted by Crippen LogP contribution is 2.36. The molecular formula is C14H15FN2S. The van der Waals surface area contributed by atoms with E-state index < -0.39 is 0 Å². The molecule has 1 unspecified atom stereocenters. The first-order valence-corrected chi connectivity index (χ1v) is 7.00. The summed E-state index contributed by atoms with van der Waals surface area (Å²) in [6, 6.07) is 6.99. The Morgan fingerprint density at radius 3 is 3.06 bits per heavy atom. The van der Waals surface area contributed by atoms with Crippen LogP contribution in [0.1, 0.15) is 29.3 Å². The minimum atomic E-state index is -0.294. The standard InChI is InChI=1S/C14H15FN2S/c15-9-4-5-13(11(16)8-9)17-12-2-1-3-14-10(12)6-7-18-14/h4-8,12,17H,1-3,16H2. The van der Waals surface area contributed by atoms with Crippen molar-refractivity contribution in [3.05, 3.63) is 45.9 Å². The van der Waals surface area contributed by atoms with Crippen molar-refractivity contribution in [2.75, 3.05) is 11.1 Å². The molecule has 4 heteroatoms. The minimum absolute atomic E-state index is 0.294. The number of nitrogens with one attached hydrogen (secondary N) is 1. The first kappa shape index (κ1) is 11.5. The van der Waals surface area contributed by atoms with E-state index in [0.29, 0.717) is 11.7 Å². The van der Waals surface area contributed by atoms with Gasteiger partial charge in [0.25, 0.3) is 0 Å². The van der Waals surface area contributed by atoms with E-state index in [9.17, 15) is 4.39 Å². The van der Waals surface area contributed by atoms with Gasteiger partial charge in [-0.1, -0.05) is 0 Å². The van der Waals surface area contributed by atoms with Crippen LogP contribution in [-0.2, 0) is 6.42 Å². The van der Waals surface area contributed by atoms with Crippen LogP contribution in [0.5, 0.6) is 0 Å². The van der Waals surface area contributed by atoms with E-state index in [1.54, 1.807) is 6.07 Å². The number of anilines is 2. The first-order valence-electron chi connectivity index (χ1n) is 6.12. The molecule has 1 aromatic heterocycles. The lowest BCUT2D eigenvalue weighted by Crippen LogP contribution is -2.16. The third kappa shape index (κ3) is 2.08. The molecule has 1 aliphatic carbocycles. The van der Waals surface area contributed by atoms with Gasteiger partial charge < -0.3 is 11.1 Å². The number of hydrogen-bond acceptors (Lipinski definition) is 3. The zero-order valence-electron chi connectivity index (χ0n) is 9.95. The highest BCUT2D eigenvalue weighted by Gasteiger charge is 2.21. The van der Waals surface area contributed by atoms with Crippen LogP contribution in [0.15, 0.2) is 29.6 Å². The van der Waals surface area contributed by atoms with Crippen LogP contribution in [0.25, 0.3) is 0 Å². The predicted molar refractivity (Wildman–Crippen MR) is 74.4 cm³/mol. The van der Waals surface area contributed by atoms with Crippen molar-refractivity contribution < 1.29 is 4.39 Å². The quantitative estimate of drug-likeness (QED) is 0.804. The molecule has 0 bridgehead atoms. The van der Waals surface area contributed by atoms with Gasteiger partial charge >= 0.3 is 0 Å². The average Bonchev–Trinajstić information content (AvgIpc) is 2.82. The molecule has 2 nitrogen and oxygen atoms in total. The molecule has 1 atom stereocenters. The molecule has 18 heavy (non-hydrogen) atoms. The minimum Gasteiger partial charge on any atom is -0.397 e. The molecule has 94 valence electrons. The summed E-state index contributed by atoms with van der Waals surface area (Å²) < 4.78 is 13.0. The van der Waals surface area contributed by atoms with Crippen molar-refractivity contribution in [1.82, 2.24) is 0 Å². The van der Waals surface area contributed by atoms with Gasteiger partial charge in [0.1, 0.15) is 5.82 Å². The maximum Gasteiger partial charge on any atom is 0.125 e. The maximum absolute atomic E-state index is 13.0. The van der Waals surface area contributed by atoms with Gasteiger partial charge in [-0.3, -0.25) is 0 Å². The Labute approximate surface area is 110 Å². The normalized spacial score (nSPS) is 18.4. The van der Waals surface area contributed by atoms with Crippen LogP contribution >= 0.6 is 11.3 Å². The van der Waals surface area contributed by atoms with Crippen molar-refractivity contribution in [1.29, 1.82) is 0 Å². The van der Waals surface area contributed by atoms with Crippen LogP contribution in [-0.4, -0.2) is 0 Å². The summed E-state index contributed by atoms with van der Waals surface area (Å²) in [7, 11) is 0. The summed E-state index contributed by atoms with van der Waals surface area (Å²) in [6.07, 6.45) is 3.46. The van der Waals surface area contributed by atoms with Gasteiger partial charge in [0.2, 0.25) is 0 Å². The molecule has 0 fully saturated rings. The van der Waals surface area contributed by atoms with Crippen molar-refractivity contribution in [3.8, 4) is 0 Å². The van der Waals surface area contributed by atoms with E-state index >= 15 is 0 Å². The van der Waals surface area contributed by atoms with Crippen LogP contribution in [0, 0.1) is 5.82 Å². The molecule has 0 aliphatic heterocycles. The number of nitrogen functional groups attached to an aromatic ring is 1. The lowest BCUT2D eigenvalue weighted by atomic mass is 9.94. The van der Waals surface area contributed by atoms with Crippen molar-refractivity contribution in [3.63, 3.8) is 0 Å². The number of aryl methyl sites for hydroxylation is 1.